The Kier molecular flexibility index (Phi) is 9.49. The Morgan fingerprint density at radius 3 is 1.56 bits per heavy atom. The molecule has 0 bridgehead atoms. The summed E-state index contributed by atoms with van der Waals surface area (Å²) >= 11 is 0. The van der Waals surface area contributed by atoms with Crippen LogP contribution in [0.1, 0.15) is 17.7 Å². The molecule has 1 aliphatic carbocycles. The third-order valence-electron chi connectivity index (χ3n) is 13.1. The van der Waals surface area contributed by atoms with E-state index in [0.717, 1.165) is 96.2 Å². The Morgan fingerprint density at radius 1 is 0.338 bits per heavy atom. The van der Waals surface area contributed by atoms with Crippen molar-refractivity contribution < 1.29 is 0 Å². The molecule has 13 rings (SSSR count). The van der Waals surface area contributed by atoms with Crippen LogP contribution in [0.5, 0.6) is 0 Å². The Balaban J connectivity index is 0.975. The number of para-hydroxylation sites is 1. The highest BCUT2D eigenvalue weighted by atomic mass is 15.2. The molecule has 0 spiro atoms. The van der Waals surface area contributed by atoms with Gasteiger partial charge >= 0.3 is 0 Å². The minimum atomic E-state index is 0.569. The summed E-state index contributed by atoms with van der Waals surface area (Å²) in [4.78, 5) is 25.9. The summed E-state index contributed by atoms with van der Waals surface area (Å²) < 4.78 is 4.69. The molecule has 68 heavy (non-hydrogen) atoms. The second kappa shape index (κ2) is 16.4. The van der Waals surface area contributed by atoms with E-state index in [0.29, 0.717) is 23.4 Å². The van der Waals surface area contributed by atoms with Crippen LogP contribution in [0.4, 0.5) is 0 Å². The molecule has 7 nitrogen and oxygen atoms in total. The number of rotatable bonds is 8. The molecule has 0 amide bonds. The Hall–Kier alpha value is -9.07. The number of fused-ring (bicyclic) bond motifs is 6. The van der Waals surface area contributed by atoms with Crippen molar-refractivity contribution in [1.29, 1.82) is 0 Å². The summed E-state index contributed by atoms with van der Waals surface area (Å²) in [7, 11) is 0. The maximum absolute atomic E-state index is 5.32. The van der Waals surface area contributed by atoms with E-state index in [-0.39, 0.29) is 0 Å². The lowest BCUT2D eigenvalue weighted by Gasteiger charge is -2.14. The largest absolute Gasteiger partial charge is 0.313 e. The molecule has 0 radical (unpaired) electrons. The van der Waals surface area contributed by atoms with Gasteiger partial charge in [-0.3, -0.25) is 4.57 Å². The fraction of sp³-hybridized carbons (Fsp3) is 0.0328. The van der Waals surface area contributed by atoms with Crippen molar-refractivity contribution in [2.75, 3.05) is 0 Å². The van der Waals surface area contributed by atoms with E-state index in [9.17, 15) is 0 Å². The minimum absolute atomic E-state index is 0.569. The van der Waals surface area contributed by atoms with Crippen molar-refractivity contribution in [2.24, 2.45) is 0 Å². The van der Waals surface area contributed by atoms with E-state index >= 15 is 0 Å². The van der Waals surface area contributed by atoms with E-state index in [4.69, 9.17) is 24.9 Å². The predicted octanol–water partition coefficient (Wildman–Crippen LogP) is 14.7. The molecule has 0 unspecified atom stereocenters. The van der Waals surface area contributed by atoms with Crippen LogP contribution in [0, 0.1) is 0 Å². The van der Waals surface area contributed by atoms with Crippen molar-refractivity contribution >= 4 is 38.8 Å². The minimum Gasteiger partial charge on any atom is -0.313 e. The standard InChI is InChI=1S/C61H41N7/c1-5-18-40(19-6-1)45-26-17-27-46(36-45)60-64-59(44-24-11-4-12-25-44)65-61(66-60)68-55-31-16-14-29-49(55)51-37-56-50(38-57(51)68)48-28-13-15-30-54(48)67(56)47-34-32-42(33-35-47)53-39-52(41-20-7-2-8-21-41)62-58(63-53)43-22-9-3-10-23-43/h1-14,16-29,31-39H,15,30H2. The number of hydrogen-bond donors (Lipinski definition) is 0. The number of allylic oxidation sites excluding steroid dienone is 1. The van der Waals surface area contributed by atoms with Crippen molar-refractivity contribution in [1.82, 2.24) is 34.1 Å². The molecular formula is C61H41N7. The van der Waals surface area contributed by atoms with Crippen molar-refractivity contribution in [3.8, 4) is 79.4 Å². The van der Waals surface area contributed by atoms with Crippen LogP contribution >= 0.6 is 0 Å². The Morgan fingerprint density at radius 2 is 0.868 bits per heavy atom. The van der Waals surface area contributed by atoms with Gasteiger partial charge in [-0.1, -0.05) is 182 Å². The maximum Gasteiger partial charge on any atom is 0.238 e. The maximum atomic E-state index is 5.32. The van der Waals surface area contributed by atoms with Gasteiger partial charge in [0.15, 0.2) is 17.5 Å². The van der Waals surface area contributed by atoms with Gasteiger partial charge in [-0.15, -0.1) is 0 Å². The van der Waals surface area contributed by atoms with Gasteiger partial charge in [0.25, 0.3) is 0 Å². The number of benzene rings is 8. The average molecular weight is 872 g/mol. The van der Waals surface area contributed by atoms with Gasteiger partial charge in [-0.05, 0) is 66.4 Å². The first kappa shape index (κ1) is 39.3. The van der Waals surface area contributed by atoms with Gasteiger partial charge in [-0.2, -0.15) is 9.97 Å². The topological polar surface area (TPSA) is 74.3 Å². The van der Waals surface area contributed by atoms with Crippen LogP contribution in [0.15, 0.2) is 218 Å². The second-order valence-corrected chi connectivity index (χ2v) is 17.2. The average Bonchev–Trinajstić information content (AvgIpc) is 3.93. The smallest absolute Gasteiger partial charge is 0.238 e. The predicted molar refractivity (Wildman–Crippen MR) is 277 cm³/mol. The van der Waals surface area contributed by atoms with E-state index in [2.05, 4.69) is 185 Å². The summed E-state index contributed by atoms with van der Waals surface area (Å²) in [5, 5.41) is 3.44. The van der Waals surface area contributed by atoms with Gasteiger partial charge in [0.05, 0.1) is 27.9 Å². The van der Waals surface area contributed by atoms with Crippen molar-refractivity contribution in [3.63, 3.8) is 0 Å². The van der Waals surface area contributed by atoms with Crippen LogP contribution in [0.25, 0.3) is 118 Å². The lowest BCUT2D eigenvalue weighted by Crippen LogP contribution is -2.06. The summed E-state index contributed by atoms with van der Waals surface area (Å²) in [5.74, 6) is 2.50. The van der Waals surface area contributed by atoms with E-state index in [1.807, 2.05) is 48.5 Å². The molecule has 4 aromatic heterocycles. The fourth-order valence-electron chi connectivity index (χ4n) is 9.82. The van der Waals surface area contributed by atoms with Gasteiger partial charge in [0.2, 0.25) is 5.95 Å². The summed E-state index contributed by atoms with van der Waals surface area (Å²) in [6.07, 6.45) is 6.51. The molecular weight excluding hydrogens is 831 g/mol. The monoisotopic (exact) mass is 871 g/mol. The zero-order chi connectivity index (χ0) is 45.0. The lowest BCUT2D eigenvalue weighted by molar-refractivity contribution is 0.889. The highest BCUT2D eigenvalue weighted by Crippen LogP contribution is 2.41. The molecule has 7 heteroatoms. The number of aromatic nitrogens is 7. The molecule has 0 fully saturated rings. The van der Waals surface area contributed by atoms with Crippen LogP contribution in [-0.2, 0) is 6.42 Å². The first-order chi connectivity index (χ1) is 33.7. The fourth-order valence-corrected chi connectivity index (χ4v) is 9.82. The third-order valence-corrected chi connectivity index (χ3v) is 13.1. The number of nitrogens with zero attached hydrogens (tertiary/aromatic N) is 7. The highest BCUT2D eigenvalue weighted by molar-refractivity contribution is 6.14. The van der Waals surface area contributed by atoms with Gasteiger partial charge in [0, 0.05) is 60.9 Å². The first-order valence-electron chi connectivity index (χ1n) is 23.1. The van der Waals surface area contributed by atoms with E-state index in [1.54, 1.807) is 0 Å². The quantitative estimate of drug-likeness (QED) is 0.152. The zero-order valence-electron chi connectivity index (χ0n) is 36.9. The van der Waals surface area contributed by atoms with E-state index in [1.165, 1.54) is 16.6 Å². The summed E-state index contributed by atoms with van der Waals surface area (Å²) in [5.41, 5.74) is 15.8. The SMILES string of the molecule is C1=Cc2c(n(-c3ccc(-c4cc(-c5ccccc5)nc(-c5ccccc5)n4)cc3)c3cc4c5ccccc5n(-c5nc(-c6ccccc6)nc(-c6cccc(-c7ccccc7)c6)n5)c4cc23)CC1. The van der Waals surface area contributed by atoms with Crippen LogP contribution in [-0.4, -0.2) is 34.1 Å². The molecule has 0 saturated heterocycles. The van der Waals surface area contributed by atoms with Gasteiger partial charge in [0.1, 0.15) is 0 Å². The highest BCUT2D eigenvalue weighted by Gasteiger charge is 2.24. The van der Waals surface area contributed by atoms with E-state index < -0.39 is 0 Å². The Labute approximate surface area is 393 Å². The third kappa shape index (κ3) is 6.88. The van der Waals surface area contributed by atoms with Crippen LogP contribution < -0.4 is 0 Å². The Bertz CT molecular complexity index is 3820. The van der Waals surface area contributed by atoms with Crippen LogP contribution in [0.2, 0.25) is 0 Å². The first-order valence-corrected chi connectivity index (χ1v) is 23.1. The molecule has 0 N–H and O–H groups in total. The molecule has 1 aliphatic rings. The normalized spacial score (nSPS) is 12.2. The molecule has 4 heterocycles. The summed E-state index contributed by atoms with van der Waals surface area (Å²) in [6.45, 7) is 0. The zero-order valence-corrected chi connectivity index (χ0v) is 36.9. The second-order valence-electron chi connectivity index (χ2n) is 17.2. The van der Waals surface area contributed by atoms with Gasteiger partial charge in [-0.25, -0.2) is 15.0 Å². The molecule has 8 aromatic carbocycles. The van der Waals surface area contributed by atoms with Crippen molar-refractivity contribution in [2.45, 2.75) is 12.8 Å². The number of hydrogen-bond acceptors (Lipinski definition) is 5. The molecule has 0 aliphatic heterocycles. The molecule has 12 aromatic rings. The molecule has 0 atom stereocenters. The molecule has 0 saturated carbocycles. The van der Waals surface area contributed by atoms with Crippen molar-refractivity contribution in [3.05, 3.63) is 230 Å². The van der Waals surface area contributed by atoms with Crippen LogP contribution in [0.3, 0.4) is 0 Å². The lowest BCUT2D eigenvalue weighted by atomic mass is 10.0. The summed E-state index contributed by atoms with van der Waals surface area (Å²) in [6, 6.07) is 73.9. The molecule has 320 valence electrons. The van der Waals surface area contributed by atoms with Gasteiger partial charge < -0.3 is 4.57 Å².